The summed E-state index contributed by atoms with van der Waals surface area (Å²) in [6, 6.07) is 5.72. The minimum atomic E-state index is -0.900. The molecule has 0 amide bonds. The van der Waals surface area contributed by atoms with E-state index in [4.69, 9.17) is 15.2 Å². The highest BCUT2D eigenvalue weighted by Gasteiger charge is 2.40. The van der Waals surface area contributed by atoms with Gasteiger partial charge in [0.15, 0.2) is 11.3 Å². The van der Waals surface area contributed by atoms with E-state index in [9.17, 15) is 4.79 Å². The number of hydrogen-bond donors (Lipinski definition) is 1. The van der Waals surface area contributed by atoms with Crippen LogP contribution in [0, 0.1) is 12.8 Å². The summed E-state index contributed by atoms with van der Waals surface area (Å²) < 4.78 is 11.4. The molecule has 0 saturated heterocycles. The van der Waals surface area contributed by atoms with Crippen LogP contribution in [0.1, 0.15) is 57.4 Å². The van der Waals surface area contributed by atoms with Crippen LogP contribution in [0.25, 0.3) is 0 Å². The van der Waals surface area contributed by atoms with Gasteiger partial charge in [-0.15, -0.1) is 0 Å². The SMILES string of the molecule is CCC(=O)C(COc1cc(C)cc(OC)c1)(CC1CCCCC1)N=CN. The Bertz CT molecular complexity index is 624. The molecule has 1 aliphatic rings. The van der Waals surface area contributed by atoms with Crippen LogP contribution in [-0.2, 0) is 4.79 Å². The lowest BCUT2D eigenvalue weighted by Gasteiger charge is -2.33. The van der Waals surface area contributed by atoms with E-state index in [0.717, 1.165) is 24.2 Å². The van der Waals surface area contributed by atoms with Gasteiger partial charge in [0.25, 0.3) is 0 Å². The van der Waals surface area contributed by atoms with Gasteiger partial charge in [0.1, 0.15) is 18.1 Å². The van der Waals surface area contributed by atoms with Crippen LogP contribution in [-0.4, -0.2) is 31.4 Å². The van der Waals surface area contributed by atoms with E-state index in [1.165, 1.54) is 25.6 Å². The van der Waals surface area contributed by atoms with Crippen LogP contribution in [0.3, 0.4) is 0 Å². The highest BCUT2D eigenvalue weighted by molar-refractivity contribution is 5.89. The molecule has 0 heterocycles. The Hall–Kier alpha value is -2.04. The molecule has 5 nitrogen and oxygen atoms in total. The topological polar surface area (TPSA) is 73.9 Å². The van der Waals surface area contributed by atoms with E-state index in [2.05, 4.69) is 4.99 Å². The van der Waals surface area contributed by atoms with Gasteiger partial charge in [-0.25, -0.2) is 0 Å². The summed E-state index contributed by atoms with van der Waals surface area (Å²) >= 11 is 0. The number of nitrogens with two attached hydrogens (primary N) is 1. The smallest absolute Gasteiger partial charge is 0.163 e. The van der Waals surface area contributed by atoms with Crippen molar-refractivity contribution in [1.82, 2.24) is 0 Å². The Labute approximate surface area is 157 Å². The van der Waals surface area contributed by atoms with Crippen molar-refractivity contribution in [3.05, 3.63) is 23.8 Å². The molecule has 1 unspecified atom stereocenters. The zero-order chi connectivity index (χ0) is 19.0. The summed E-state index contributed by atoms with van der Waals surface area (Å²) in [5.74, 6) is 2.01. The van der Waals surface area contributed by atoms with Crippen molar-refractivity contribution in [2.45, 2.75) is 64.3 Å². The number of methoxy groups -OCH3 is 1. The number of carbonyl (C=O) groups excluding carboxylic acids is 1. The molecule has 0 bridgehead atoms. The van der Waals surface area contributed by atoms with Crippen molar-refractivity contribution < 1.29 is 14.3 Å². The Morgan fingerprint density at radius 1 is 1.27 bits per heavy atom. The molecular weight excluding hydrogens is 328 g/mol. The first-order valence-electron chi connectivity index (χ1n) is 9.60. The summed E-state index contributed by atoms with van der Waals surface area (Å²) in [5, 5.41) is 0. The van der Waals surface area contributed by atoms with E-state index in [1.54, 1.807) is 7.11 Å². The second-order valence-electron chi connectivity index (χ2n) is 7.27. The molecule has 1 fully saturated rings. The normalized spacial score (nSPS) is 17.8. The van der Waals surface area contributed by atoms with E-state index < -0.39 is 5.54 Å². The number of Topliss-reactive ketones (excluding diaryl/α,β-unsaturated/α-hetero) is 1. The number of hydrogen-bond acceptors (Lipinski definition) is 4. The largest absolute Gasteiger partial charge is 0.497 e. The Kier molecular flexibility index (Phi) is 7.49. The zero-order valence-corrected chi connectivity index (χ0v) is 16.3. The van der Waals surface area contributed by atoms with Crippen LogP contribution in [0.15, 0.2) is 23.2 Å². The lowest BCUT2D eigenvalue weighted by molar-refractivity contribution is -0.125. The summed E-state index contributed by atoms with van der Waals surface area (Å²) in [7, 11) is 1.63. The lowest BCUT2D eigenvalue weighted by Crippen LogP contribution is -2.45. The maximum atomic E-state index is 12.8. The van der Waals surface area contributed by atoms with E-state index in [1.807, 2.05) is 32.0 Å². The van der Waals surface area contributed by atoms with Gasteiger partial charge < -0.3 is 15.2 Å². The van der Waals surface area contributed by atoms with Gasteiger partial charge in [0, 0.05) is 12.5 Å². The van der Waals surface area contributed by atoms with Crippen LogP contribution in [0.4, 0.5) is 0 Å². The molecule has 0 aliphatic heterocycles. The molecular formula is C21H32N2O3. The Morgan fingerprint density at radius 2 is 1.96 bits per heavy atom. The quantitative estimate of drug-likeness (QED) is 0.532. The third-order valence-electron chi connectivity index (χ3n) is 5.25. The van der Waals surface area contributed by atoms with Crippen LogP contribution in [0.5, 0.6) is 11.5 Å². The number of nitrogens with zero attached hydrogens (tertiary/aromatic N) is 1. The van der Waals surface area contributed by atoms with Crippen molar-refractivity contribution in [2.24, 2.45) is 16.6 Å². The number of carbonyl (C=O) groups is 1. The van der Waals surface area contributed by atoms with Crippen LogP contribution in [0.2, 0.25) is 0 Å². The Morgan fingerprint density at radius 3 is 2.58 bits per heavy atom. The van der Waals surface area contributed by atoms with Gasteiger partial charge in [-0.1, -0.05) is 39.0 Å². The molecule has 2 N–H and O–H groups in total. The molecule has 144 valence electrons. The highest BCUT2D eigenvalue weighted by Crippen LogP contribution is 2.34. The molecule has 2 rings (SSSR count). The molecule has 0 spiro atoms. The molecule has 5 heteroatoms. The second-order valence-corrected chi connectivity index (χ2v) is 7.27. The standard InChI is InChI=1S/C21H32N2O3/c1-4-20(24)21(23-15-22,13-17-8-6-5-7-9-17)14-26-19-11-16(2)10-18(12-19)25-3/h10-12,15,17H,4-9,13-14H2,1-3H3,(H2,22,23). The van der Waals surface area contributed by atoms with Crippen molar-refractivity contribution in [1.29, 1.82) is 0 Å². The van der Waals surface area contributed by atoms with Gasteiger partial charge in [-0.3, -0.25) is 9.79 Å². The average molecular weight is 360 g/mol. The number of ketones is 1. The predicted molar refractivity (Wildman–Crippen MR) is 105 cm³/mol. The second kappa shape index (κ2) is 9.60. The Balaban J connectivity index is 2.21. The summed E-state index contributed by atoms with van der Waals surface area (Å²) in [5.41, 5.74) is 5.77. The van der Waals surface area contributed by atoms with Crippen LogP contribution >= 0.6 is 0 Å². The number of aryl methyl sites for hydroxylation is 1. The van der Waals surface area contributed by atoms with Gasteiger partial charge in [-0.2, -0.15) is 0 Å². The first-order valence-corrected chi connectivity index (χ1v) is 9.60. The fourth-order valence-electron chi connectivity index (χ4n) is 3.87. The molecule has 1 atom stereocenters. The molecule has 26 heavy (non-hydrogen) atoms. The van der Waals surface area contributed by atoms with Gasteiger partial charge in [-0.05, 0) is 37.0 Å². The summed E-state index contributed by atoms with van der Waals surface area (Å²) in [6.07, 6.45) is 8.42. The lowest BCUT2D eigenvalue weighted by atomic mass is 9.77. The van der Waals surface area contributed by atoms with Crippen molar-refractivity contribution in [3.63, 3.8) is 0 Å². The zero-order valence-electron chi connectivity index (χ0n) is 16.3. The molecule has 0 radical (unpaired) electrons. The van der Waals surface area contributed by atoms with E-state index >= 15 is 0 Å². The van der Waals surface area contributed by atoms with Crippen molar-refractivity contribution >= 4 is 12.1 Å². The molecule has 1 saturated carbocycles. The molecule has 0 aromatic heterocycles. The molecule has 1 aromatic carbocycles. The van der Waals surface area contributed by atoms with E-state index in [0.29, 0.717) is 24.5 Å². The average Bonchev–Trinajstić information content (AvgIpc) is 2.66. The van der Waals surface area contributed by atoms with Crippen LogP contribution < -0.4 is 15.2 Å². The van der Waals surface area contributed by atoms with Gasteiger partial charge in [0.05, 0.1) is 13.4 Å². The third kappa shape index (κ3) is 5.23. The predicted octanol–water partition coefficient (Wildman–Crippen LogP) is 4.06. The third-order valence-corrected chi connectivity index (χ3v) is 5.25. The highest BCUT2D eigenvalue weighted by atomic mass is 16.5. The maximum absolute atomic E-state index is 12.8. The summed E-state index contributed by atoms with van der Waals surface area (Å²) in [6.45, 7) is 4.07. The minimum absolute atomic E-state index is 0.0874. The summed E-state index contributed by atoms with van der Waals surface area (Å²) in [4.78, 5) is 17.3. The first-order chi connectivity index (χ1) is 12.5. The van der Waals surface area contributed by atoms with Crippen molar-refractivity contribution in [2.75, 3.05) is 13.7 Å². The monoisotopic (exact) mass is 360 g/mol. The fraction of sp³-hybridized carbons (Fsp3) is 0.619. The van der Waals surface area contributed by atoms with E-state index in [-0.39, 0.29) is 12.4 Å². The molecule has 1 aliphatic carbocycles. The number of rotatable bonds is 9. The number of aliphatic imine (C=N–C) groups is 1. The van der Waals surface area contributed by atoms with Gasteiger partial charge >= 0.3 is 0 Å². The molecule has 1 aromatic rings. The van der Waals surface area contributed by atoms with Gasteiger partial charge in [0.2, 0.25) is 0 Å². The van der Waals surface area contributed by atoms with Crippen molar-refractivity contribution in [3.8, 4) is 11.5 Å². The number of benzene rings is 1. The first kappa shape index (κ1) is 20.3. The minimum Gasteiger partial charge on any atom is -0.497 e. The fourth-order valence-corrected chi connectivity index (χ4v) is 3.87. The maximum Gasteiger partial charge on any atom is 0.163 e. The number of ether oxygens (including phenoxy) is 2.